The second kappa shape index (κ2) is 3.61. The lowest BCUT2D eigenvalue weighted by atomic mass is 10.2. The number of benzene rings is 1. The molecule has 15 heavy (non-hydrogen) atoms. The van der Waals surface area contributed by atoms with Gasteiger partial charge >= 0.3 is 5.97 Å². The number of aromatic carboxylic acids is 1. The molecule has 0 atom stereocenters. The Balaban J connectivity index is 2.40. The first-order valence-electron chi connectivity index (χ1n) is 4.47. The highest BCUT2D eigenvalue weighted by molar-refractivity contribution is 5.95. The molecule has 0 spiro atoms. The SMILES string of the molecule is O=C1CCOc2cc(C(=O)O)ccc2N1. The standard InChI is InChI=1S/C10H9NO4/c12-9-3-4-15-8-5-6(10(13)14)1-2-7(8)11-9/h1-2,5H,3-4H2,(H,11,12)(H,13,14). The first-order valence-corrected chi connectivity index (χ1v) is 4.47. The Morgan fingerprint density at radius 2 is 2.27 bits per heavy atom. The number of ether oxygens (including phenoxy) is 1. The molecule has 5 nitrogen and oxygen atoms in total. The lowest BCUT2D eigenvalue weighted by Gasteiger charge is -2.07. The predicted octanol–water partition coefficient (Wildman–Crippen LogP) is 1.11. The summed E-state index contributed by atoms with van der Waals surface area (Å²) in [5, 5.41) is 11.4. The van der Waals surface area contributed by atoms with Gasteiger partial charge in [-0.2, -0.15) is 0 Å². The molecule has 0 unspecified atom stereocenters. The molecule has 1 amide bonds. The molecule has 1 aromatic carbocycles. The second-order valence-corrected chi connectivity index (χ2v) is 3.16. The zero-order chi connectivity index (χ0) is 10.8. The van der Waals surface area contributed by atoms with Gasteiger partial charge in [-0.15, -0.1) is 0 Å². The van der Waals surface area contributed by atoms with Crippen LogP contribution >= 0.6 is 0 Å². The van der Waals surface area contributed by atoms with Crippen LogP contribution in [0.2, 0.25) is 0 Å². The highest BCUT2D eigenvalue weighted by Gasteiger charge is 2.15. The van der Waals surface area contributed by atoms with E-state index in [2.05, 4.69) is 5.32 Å². The van der Waals surface area contributed by atoms with Crippen LogP contribution in [-0.4, -0.2) is 23.6 Å². The van der Waals surface area contributed by atoms with E-state index in [1.807, 2.05) is 0 Å². The van der Waals surface area contributed by atoms with Crippen LogP contribution in [0.1, 0.15) is 16.8 Å². The molecule has 1 aliphatic heterocycles. The Morgan fingerprint density at radius 3 is 3.00 bits per heavy atom. The molecule has 0 fully saturated rings. The first-order chi connectivity index (χ1) is 7.16. The fraction of sp³-hybridized carbons (Fsp3) is 0.200. The number of hydrogen-bond acceptors (Lipinski definition) is 3. The minimum atomic E-state index is -1.02. The average molecular weight is 207 g/mol. The summed E-state index contributed by atoms with van der Waals surface area (Å²) in [6.45, 7) is 0.266. The van der Waals surface area contributed by atoms with Crippen LogP contribution in [0.3, 0.4) is 0 Å². The van der Waals surface area contributed by atoms with E-state index in [9.17, 15) is 9.59 Å². The van der Waals surface area contributed by atoms with Crippen molar-refractivity contribution in [2.45, 2.75) is 6.42 Å². The van der Waals surface area contributed by atoms with Crippen LogP contribution < -0.4 is 10.1 Å². The van der Waals surface area contributed by atoms with Crippen LogP contribution in [0.25, 0.3) is 0 Å². The van der Waals surface area contributed by atoms with E-state index in [-0.39, 0.29) is 24.5 Å². The highest BCUT2D eigenvalue weighted by Crippen LogP contribution is 2.27. The lowest BCUT2D eigenvalue weighted by molar-refractivity contribution is -0.116. The number of carbonyl (C=O) groups excluding carboxylic acids is 1. The first kappa shape index (κ1) is 9.51. The topological polar surface area (TPSA) is 75.6 Å². The maximum atomic E-state index is 11.2. The van der Waals surface area contributed by atoms with Gasteiger partial charge in [0.15, 0.2) is 0 Å². The van der Waals surface area contributed by atoms with E-state index in [0.29, 0.717) is 11.4 Å². The predicted molar refractivity (Wildman–Crippen MR) is 52.1 cm³/mol. The van der Waals surface area contributed by atoms with Gasteiger partial charge in [0.05, 0.1) is 24.3 Å². The number of carboxylic acids is 1. The van der Waals surface area contributed by atoms with Gasteiger partial charge in [-0.25, -0.2) is 4.79 Å². The van der Waals surface area contributed by atoms with Gasteiger partial charge in [0, 0.05) is 0 Å². The maximum Gasteiger partial charge on any atom is 0.335 e. The Hall–Kier alpha value is -2.04. The smallest absolute Gasteiger partial charge is 0.335 e. The number of anilines is 1. The molecule has 0 saturated carbocycles. The molecule has 78 valence electrons. The molecule has 0 aromatic heterocycles. The monoisotopic (exact) mass is 207 g/mol. The highest BCUT2D eigenvalue weighted by atomic mass is 16.5. The quantitative estimate of drug-likeness (QED) is 0.723. The van der Waals surface area contributed by atoms with Crippen molar-refractivity contribution < 1.29 is 19.4 Å². The van der Waals surface area contributed by atoms with E-state index >= 15 is 0 Å². The van der Waals surface area contributed by atoms with Gasteiger partial charge in [-0.1, -0.05) is 0 Å². The molecule has 2 N–H and O–H groups in total. The molecule has 0 bridgehead atoms. The van der Waals surface area contributed by atoms with E-state index in [0.717, 1.165) is 0 Å². The Bertz CT molecular complexity index is 427. The summed E-state index contributed by atoms with van der Waals surface area (Å²) in [7, 11) is 0. The maximum absolute atomic E-state index is 11.2. The van der Waals surface area contributed by atoms with E-state index in [1.165, 1.54) is 18.2 Å². The number of hydrogen-bond donors (Lipinski definition) is 2. The number of amides is 1. The van der Waals surface area contributed by atoms with Gasteiger partial charge in [-0.3, -0.25) is 4.79 Å². The zero-order valence-electron chi connectivity index (χ0n) is 7.82. The third-order valence-electron chi connectivity index (χ3n) is 2.09. The van der Waals surface area contributed by atoms with Crippen molar-refractivity contribution in [3.05, 3.63) is 23.8 Å². The van der Waals surface area contributed by atoms with Gasteiger partial charge in [0.25, 0.3) is 0 Å². The Labute approximate surface area is 85.7 Å². The number of carboxylic acid groups (broad SMARTS) is 1. The molecule has 1 heterocycles. The van der Waals surface area contributed by atoms with Crippen molar-refractivity contribution in [3.63, 3.8) is 0 Å². The van der Waals surface area contributed by atoms with E-state index in [4.69, 9.17) is 9.84 Å². The van der Waals surface area contributed by atoms with Crippen molar-refractivity contribution in [1.82, 2.24) is 0 Å². The molecular formula is C10H9NO4. The molecule has 1 aromatic rings. The van der Waals surface area contributed by atoms with Crippen molar-refractivity contribution in [1.29, 1.82) is 0 Å². The molecule has 2 rings (SSSR count). The van der Waals surface area contributed by atoms with Crippen molar-refractivity contribution in [2.75, 3.05) is 11.9 Å². The van der Waals surface area contributed by atoms with Gasteiger partial charge in [-0.05, 0) is 18.2 Å². The second-order valence-electron chi connectivity index (χ2n) is 3.16. The number of carbonyl (C=O) groups is 2. The van der Waals surface area contributed by atoms with Crippen molar-refractivity contribution in [2.24, 2.45) is 0 Å². The summed E-state index contributed by atoms with van der Waals surface area (Å²) < 4.78 is 5.26. The summed E-state index contributed by atoms with van der Waals surface area (Å²) >= 11 is 0. The van der Waals surface area contributed by atoms with Crippen LogP contribution in [-0.2, 0) is 4.79 Å². The van der Waals surface area contributed by atoms with Crippen molar-refractivity contribution in [3.8, 4) is 5.75 Å². The number of rotatable bonds is 1. The van der Waals surface area contributed by atoms with Gasteiger partial charge in [0.2, 0.25) is 5.91 Å². The zero-order valence-corrected chi connectivity index (χ0v) is 7.82. The molecular weight excluding hydrogens is 198 g/mol. The van der Waals surface area contributed by atoms with Crippen LogP contribution in [0, 0.1) is 0 Å². The lowest BCUT2D eigenvalue weighted by Crippen LogP contribution is -2.10. The fourth-order valence-electron chi connectivity index (χ4n) is 1.34. The van der Waals surface area contributed by atoms with Gasteiger partial charge < -0.3 is 15.2 Å². The molecule has 0 radical (unpaired) electrons. The molecule has 1 aliphatic rings. The summed E-state index contributed by atoms with van der Waals surface area (Å²) in [6, 6.07) is 4.36. The van der Waals surface area contributed by atoms with E-state index in [1.54, 1.807) is 0 Å². The molecule has 0 aliphatic carbocycles. The average Bonchev–Trinajstić information content (AvgIpc) is 2.37. The normalized spacial score (nSPS) is 14.5. The number of nitrogens with one attached hydrogen (secondary N) is 1. The minimum Gasteiger partial charge on any atom is -0.491 e. The molecule has 5 heteroatoms. The van der Waals surface area contributed by atoms with Gasteiger partial charge in [0.1, 0.15) is 5.75 Å². The van der Waals surface area contributed by atoms with Crippen LogP contribution in [0.4, 0.5) is 5.69 Å². The Kier molecular flexibility index (Phi) is 2.29. The summed E-state index contributed by atoms with van der Waals surface area (Å²) in [4.78, 5) is 21.9. The summed E-state index contributed by atoms with van der Waals surface area (Å²) in [6.07, 6.45) is 0.275. The summed E-state index contributed by atoms with van der Waals surface area (Å²) in [5.41, 5.74) is 0.660. The van der Waals surface area contributed by atoms with Crippen molar-refractivity contribution >= 4 is 17.6 Å². The number of fused-ring (bicyclic) bond motifs is 1. The minimum absolute atomic E-state index is 0.128. The Morgan fingerprint density at radius 1 is 1.47 bits per heavy atom. The third-order valence-corrected chi connectivity index (χ3v) is 2.09. The van der Waals surface area contributed by atoms with E-state index < -0.39 is 5.97 Å². The summed E-state index contributed by atoms with van der Waals surface area (Å²) in [5.74, 6) is -0.741. The van der Waals surface area contributed by atoms with Crippen LogP contribution in [0.5, 0.6) is 5.75 Å². The third kappa shape index (κ3) is 1.90. The molecule has 0 saturated heterocycles. The largest absolute Gasteiger partial charge is 0.491 e. The fourth-order valence-corrected chi connectivity index (χ4v) is 1.34. The van der Waals surface area contributed by atoms with Crippen LogP contribution in [0.15, 0.2) is 18.2 Å².